The monoisotopic (exact) mass is 429 g/mol. The molecule has 169 valence electrons. The summed E-state index contributed by atoms with van der Waals surface area (Å²) in [5.74, 6) is 3.14. The van der Waals surface area contributed by atoms with Gasteiger partial charge in [0, 0.05) is 12.0 Å². The van der Waals surface area contributed by atoms with Crippen LogP contribution in [0.25, 0.3) is 0 Å². The Morgan fingerprint density at radius 1 is 1.03 bits per heavy atom. The fourth-order valence-corrected chi connectivity index (χ4v) is 11.0. The van der Waals surface area contributed by atoms with Crippen molar-refractivity contribution >= 4 is 14.8 Å². The van der Waals surface area contributed by atoms with E-state index in [9.17, 15) is 4.79 Å². The van der Waals surface area contributed by atoms with Gasteiger partial charge in [-0.1, -0.05) is 53.2 Å². The molecule has 4 aliphatic carbocycles. The Kier molecular flexibility index (Phi) is 6.20. The summed E-state index contributed by atoms with van der Waals surface area (Å²) in [5, 5.41) is 0. The van der Waals surface area contributed by atoms with Gasteiger partial charge in [-0.25, -0.2) is 0 Å². The summed E-state index contributed by atoms with van der Waals surface area (Å²) in [6, 6.07) is 0. The molecule has 0 aromatic rings. The van der Waals surface area contributed by atoms with Crippen molar-refractivity contribution in [2.24, 2.45) is 34.5 Å². The standard InChI is InChI=1S/C27H45O2Si/c1-17(2)30(18(3)4)29-21-12-14-26(6)20(16-21)8-9-22-24-11-10-23(19(5)28)27(24,7)15-13-25(22)26/h8,17-18,21-25H,9-16H2,1-7H3. The van der Waals surface area contributed by atoms with Gasteiger partial charge in [-0.05, 0) is 98.0 Å². The van der Waals surface area contributed by atoms with Gasteiger partial charge in [0.05, 0.1) is 0 Å². The third kappa shape index (κ3) is 3.60. The molecule has 0 amide bonds. The van der Waals surface area contributed by atoms with Crippen molar-refractivity contribution in [1.29, 1.82) is 0 Å². The molecular formula is C27H45O2Si. The van der Waals surface area contributed by atoms with Crippen LogP contribution >= 0.6 is 0 Å². The topological polar surface area (TPSA) is 26.3 Å². The van der Waals surface area contributed by atoms with E-state index < -0.39 is 9.04 Å². The zero-order valence-electron chi connectivity index (χ0n) is 20.6. The molecule has 3 fully saturated rings. The number of Topliss-reactive ketones (excluding diaryl/α,β-unsaturated/α-hetero) is 1. The molecule has 3 heteroatoms. The summed E-state index contributed by atoms with van der Waals surface area (Å²) < 4.78 is 6.79. The predicted molar refractivity (Wildman–Crippen MR) is 127 cm³/mol. The van der Waals surface area contributed by atoms with Crippen LogP contribution in [0.1, 0.15) is 99.8 Å². The fourth-order valence-electron chi connectivity index (χ4n) is 8.53. The van der Waals surface area contributed by atoms with E-state index in [1.54, 1.807) is 5.57 Å². The number of ketones is 1. The zero-order valence-corrected chi connectivity index (χ0v) is 21.6. The summed E-state index contributed by atoms with van der Waals surface area (Å²) >= 11 is 0. The molecule has 0 N–H and O–H groups in total. The predicted octanol–water partition coefficient (Wildman–Crippen LogP) is 7.35. The van der Waals surface area contributed by atoms with Crippen LogP contribution < -0.4 is 0 Å². The van der Waals surface area contributed by atoms with Crippen molar-refractivity contribution in [3.63, 3.8) is 0 Å². The highest BCUT2D eigenvalue weighted by molar-refractivity contribution is 6.55. The minimum Gasteiger partial charge on any atom is -0.413 e. The molecular weight excluding hydrogens is 384 g/mol. The molecule has 3 saturated carbocycles. The van der Waals surface area contributed by atoms with Gasteiger partial charge >= 0.3 is 0 Å². The molecule has 30 heavy (non-hydrogen) atoms. The van der Waals surface area contributed by atoms with Crippen molar-refractivity contribution in [3.05, 3.63) is 11.6 Å². The molecule has 7 atom stereocenters. The maximum absolute atomic E-state index is 12.4. The molecule has 0 bridgehead atoms. The third-order valence-electron chi connectivity index (χ3n) is 9.99. The summed E-state index contributed by atoms with van der Waals surface area (Å²) in [5.41, 5.74) is 3.72. The average molecular weight is 430 g/mol. The van der Waals surface area contributed by atoms with Crippen LogP contribution in [0, 0.1) is 34.5 Å². The lowest BCUT2D eigenvalue weighted by Crippen LogP contribution is -2.51. The van der Waals surface area contributed by atoms with Gasteiger partial charge < -0.3 is 4.43 Å². The number of carbonyl (C=O) groups is 1. The van der Waals surface area contributed by atoms with Gasteiger partial charge in [-0.2, -0.15) is 0 Å². The normalized spacial score (nSPS) is 43.4. The molecule has 1 radical (unpaired) electrons. The SMILES string of the molecule is CC(=O)C1CCC2C3CC=C4CC(O[Si](C(C)C)C(C)C)CCC4(C)C3CCC12C. The highest BCUT2D eigenvalue weighted by Crippen LogP contribution is 2.66. The van der Waals surface area contributed by atoms with Crippen molar-refractivity contribution in [2.45, 2.75) is 117 Å². The Morgan fingerprint density at radius 2 is 1.73 bits per heavy atom. The summed E-state index contributed by atoms with van der Waals surface area (Å²) in [6.07, 6.45) is 13.1. The van der Waals surface area contributed by atoms with E-state index in [0.717, 1.165) is 24.2 Å². The molecule has 4 aliphatic rings. The van der Waals surface area contributed by atoms with Gasteiger partial charge in [0.2, 0.25) is 9.04 Å². The van der Waals surface area contributed by atoms with Gasteiger partial charge in [-0.15, -0.1) is 0 Å². The first kappa shape index (κ1) is 22.8. The van der Waals surface area contributed by atoms with E-state index in [1.807, 2.05) is 6.92 Å². The Balaban J connectivity index is 1.52. The Labute approximate surface area is 187 Å². The van der Waals surface area contributed by atoms with Crippen LogP contribution in [-0.2, 0) is 9.22 Å². The van der Waals surface area contributed by atoms with Crippen molar-refractivity contribution in [2.75, 3.05) is 0 Å². The highest BCUT2D eigenvalue weighted by Gasteiger charge is 2.59. The summed E-state index contributed by atoms with van der Waals surface area (Å²) in [6.45, 7) is 16.3. The lowest BCUT2D eigenvalue weighted by atomic mass is 9.47. The van der Waals surface area contributed by atoms with Crippen LogP contribution in [0.2, 0.25) is 11.1 Å². The van der Waals surface area contributed by atoms with E-state index in [0.29, 0.717) is 34.3 Å². The number of rotatable bonds is 5. The molecule has 0 aromatic heterocycles. The van der Waals surface area contributed by atoms with Crippen LogP contribution in [-0.4, -0.2) is 20.9 Å². The molecule has 0 aromatic carbocycles. The molecule has 0 heterocycles. The van der Waals surface area contributed by atoms with E-state index in [4.69, 9.17) is 4.43 Å². The lowest BCUT2D eigenvalue weighted by Gasteiger charge is -2.58. The van der Waals surface area contributed by atoms with E-state index in [2.05, 4.69) is 47.6 Å². The van der Waals surface area contributed by atoms with Gasteiger partial charge in [-0.3, -0.25) is 4.79 Å². The molecule has 2 nitrogen and oxygen atoms in total. The van der Waals surface area contributed by atoms with Crippen molar-refractivity contribution in [1.82, 2.24) is 0 Å². The summed E-state index contributed by atoms with van der Waals surface area (Å²) in [7, 11) is -0.750. The molecule has 7 unspecified atom stereocenters. The van der Waals surface area contributed by atoms with Crippen LogP contribution in [0.15, 0.2) is 11.6 Å². The first-order chi connectivity index (χ1) is 14.1. The van der Waals surface area contributed by atoms with Crippen molar-refractivity contribution in [3.8, 4) is 0 Å². The minimum atomic E-state index is -0.750. The van der Waals surface area contributed by atoms with Crippen LogP contribution in [0.3, 0.4) is 0 Å². The van der Waals surface area contributed by atoms with Gasteiger partial charge in [0.15, 0.2) is 0 Å². The van der Waals surface area contributed by atoms with Gasteiger partial charge in [0.1, 0.15) is 5.78 Å². The largest absolute Gasteiger partial charge is 0.413 e. The van der Waals surface area contributed by atoms with Crippen LogP contribution in [0.5, 0.6) is 0 Å². The molecule has 0 saturated heterocycles. The van der Waals surface area contributed by atoms with Gasteiger partial charge in [0.25, 0.3) is 0 Å². The second-order valence-corrected chi connectivity index (χ2v) is 15.6. The second kappa shape index (κ2) is 8.18. The van der Waals surface area contributed by atoms with E-state index >= 15 is 0 Å². The lowest BCUT2D eigenvalue weighted by molar-refractivity contribution is -0.127. The van der Waals surface area contributed by atoms with Crippen molar-refractivity contribution < 1.29 is 9.22 Å². The molecule has 0 aliphatic heterocycles. The number of fused-ring (bicyclic) bond motifs is 5. The second-order valence-electron chi connectivity index (χ2n) is 12.2. The number of hydrogen-bond donors (Lipinski definition) is 0. The van der Waals surface area contributed by atoms with E-state index in [-0.39, 0.29) is 5.41 Å². The number of carbonyl (C=O) groups excluding carboxylic acids is 1. The summed E-state index contributed by atoms with van der Waals surface area (Å²) in [4.78, 5) is 12.4. The first-order valence-corrected chi connectivity index (χ1v) is 14.4. The highest BCUT2D eigenvalue weighted by atomic mass is 28.3. The maximum Gasteiger partial charge on any atom is 0.217 e. The molecule has 0 spiro atoms. The fraction of sp³-hybridized carbons (Fsp3) is 0.889. The quantitative estimate of drug-likeness (QED) is 0.337. The maximum atomic E-state index is 12.4. The Morgan fingerprint density at radius 3 is 2.37 bits per heavy atom. The minimum absolute atomic E-state index is 0.265. The average Bonchev–Trinajstić information content (AvgIpc) is 3.03. The van der Waals surface area contributed by atoms with E-state index in [1.165, 1.54) is 44.9 Å². The Bertz CT molecular complexity index is 689. The smallest absolute Gasteiger partial charge is 0.217 e. The van der Waals surface area contributed by atoms with Crippen LogP contribution in [0.4, 0.5) is 0 Å². The molecule has 4 rings (SSSR count). The third-order valence-corrected chi connectivity index (χ3v) is 12.9. The number of hydrogen-bond acceptors (Lipinski definition) is 2. The Hall–Kier alpha value is -0.413. The zero-order chi connectivity index (χ0) is 21.8. The number of allylic oxidation sites excluding steroid dienone is 1. The first-order valence-electron chi connectivity index (χ1n) is 12.8.